The van der Waals surface area contributed by atoms with Crippen molar-refractivity contribution in [2.45, 2.75) is 0 Å². The molecule has 0 saturated carbocycles. The number of aliphatic imine (C=N–C) groups is 1. The zero-order chi connectivity index (χ0) is 14.8. The first-order valence-corrected chi connectivity index (χ1v) is 6.14. The minimum atomic E-state index is -0.375. The summed E-state index contributed by atoms with van der Waals surface area (Å²) < 4.78 is 5.28. The maximum atomic E-state index is 11.9. The van der Waals surface area contributed by atoms with Gasteiger partial charge in [0.15, 0.2) is 6.19 Å². The van der Waals surface area contributed by atoms with Crippen LogP contribution in [0, 0.1) is 11.5 Å². The molecular weight excluding hydrogens is 268 g/mol. The summed E-state index contributed by atoms with van der Waals surface area (Å²) in [5.74, 6) is -0.00135. The lowest BCUT2D eigenvalue weighted by Crippen LogP contribution is -2.26. The van der Waals surface area contributed by atoms with Crippen molar-refractivity contribution >= 4 is 33.4 Å². The van der Waals surface area contributed by atoms with Crippen LogP contribution in [0.1, 0.15) is 0 Å². The second-order valence-corrected chi connectivity index (χ2v) is 4.35. The molecule has 0 amide bonds. The maximum absolute atomic E-state index is 11.9. The summed E-state index contributed by atoms with van der Waals surface area (Å²) in [6.07, 6.45) is 1.70. The van der Waals surface area contributed by atoms with Crippen molar-refractivity contribution in [2.75, 3.05) is 0 Å². The molecule has 0 atom stereocenters. The van der Waals surface area contributed by atoms with Gasteiger partial charge in [-0.05, 0) is 29.7 Å². The Morgan fingerprint density at radius 2 is 1.95 bits per heavy atom. The first-order valence-electron chi connectivity index (χ1n) is 6.14. The largest absolute Gasteiger partial charge is 0.422 e. The van der Waals surface area contributed by atoms with Crippen LogP contribution in [-0.2, 0) is 0 Å². The molecule has 0 aliphatic heterocycles. The Bertz CT molecular complexity index is 967. The lowest BCUT2D eigenvalue weighted by Gasteiger charge is -2.03. The van der Waals surface area contributed by atoms with Gasteiger partial charge >= 0.3 is 5.63 Å². The molecule has 3 aromatic rings. The third kappa shape index (κ3) is 2.28. The number of nitrogens with zero attached hydrogens (tertiary/aromatic N) is 2. The summed E-state index contributed by atoms with van der Waals surface area (Å²) in [6, 6.07) is 12.3. The van der Waals surface area contributed by atoms with E-state index in [9.17, 15) is 4.79 Å². The zero-order valence-corrected chi connectivity index (χ0v) is 10.8. The molecule has 21 heavy (non-hydrogen) atoms. The summed E-state index contributed by atoms with van der Waals surface area (Å²) in [7, 11) is 0. The van der Waals surface area contributed by atoms with Crippen molar-refractivity contribution in [1.82, 2.24) is 5.32 Å². The molecule has 0 aliphatic carbocycles. The van der Waals surface area contributed by atoms with Crippen LogP contribution in [0.5, 0.6) is 0 Å². The number of rotatable bonds is 1. The van der Waals surface area contributed by atoms with Crippen LogP contribution in [0.2, 0.25) is 0 Å². The average molecular weight is 278 g/mol. The van der Waals surface area contributed by atoms with Crippen LogP contribution in [0.15, 0.2) is 56.7 Å². The highest BCUT2D eigenvalue weighted by atomic mass is 16.4. The van der Waals surface area contributed by atoms with Gasteiger partial charge in [-0.25, -0.2) is 9.79 Å². The molecule has 6 heteroatoms. The number of nitriles is 1. The summed E-state index contributed by atoms with van der Waals surface area (Å²) in [4.78, 5) is 15.9. The summed E-state index contributed by atoms with van der Waals surface area (Å²) >= 11 is 0. The highest BCUT2D eigenvalue weighted by Crippen LogP contribution is 2.26. The smallest absolute Gasteiger partial charge is 0.344 e. The fourth-order valence-electron chi connectivity index (χ4n) is 2.16. The zero-order valence-electron chi connectivity index (χ0n) is 10.8. The second-order valence-electron chi connectivity index (χ2n) is 4.35. The number of nitrogens with one attached hydrogen (secondary N) is 1. The van der Waals surface area contributed by atoms with Crippen molar-refractivity contribution in [2.24, 2.45) is 10.7 Å². The lowest BCUT2D eigenvalue weighted by molar-refractivity contribution is 0.569. The summed E-state index contributed by atoms with van der Waals surface area (Å²) in [5.41, 5.74) is 6.20. The van der Waals surface area contributed by atoms with E-state index in [2.05, 4.69) is 10.3 Å². The molecule has 0 bridgehead atoms. The number of benzene rings is 2. The van der Waals surface area contributed by atoms with Gasteiger partial charge in [0.05, 0.1) is 11.1 Å². The van der Waals surface area contributed by atoms with Crippen LogP contribution in [0.25, 0.3) is 21.7 Å². The molecule has 102 valence electrons. The van der Waals surface area contributed by atoms with Gasteiger partial charge in [-0.15, -0.1) is 0 Å². The van der Waals surface area contributed by atoms with Crippen molar-refractivity contribution in [3.8, 4) is 6.19 Å². The first-order chi connectivity index (χ1) is 10.2. The SMILES string of the molecule is N#CNC(N)=Nc1ccc2oc(=O)c3ccccc3c2c1. The van der Waals surface area contributed by atoms with Crippen LogP contribution in [0.4, 0.5) is 5.69 Å². The Hall–Kier alpha value is -3.33. The van der Waals surface area contributed by atoms with Gasteiger partial charge in [-0.3, -0.25) is 5.32 Å². The van der Waals surface area contributed by atoms with Crippen molar-refractivity contribution in [3.63, 3.8) is 0 Å². The molecular formula is C15H10N4O2. The molecule has 0 spiro atoms. The quantitative estimate of drug-likeness (QED) is 0.177. The van der Waals surface area contributed by atoms with Crippen LogP contribution >= 0.6 is 0 Å². The van der Waals surface area contributed by atoms with Gasteiger partial charge in [0.2, 0.25) is 5.96 Å². The van der Waals surface area contributed by atoms with Gasteiger partial charge < -0.3 is 10.2 Å². The Morgan fingerprint density at radius 3 is 2.71 bits per heavy atom. The van der Waals surface area contributed by atoms with E-state index < -0.39 is 0 Å². The van der Waals surface area contributed by atoms with E-state index in [4.69, 9.17) is 15.4 Å². The molecule has 0 fully saturated rings. The predicted octanol–water partition coefficient (Wildman–Crippen LogP) is 1.96. The number of hydrogen-bond acceptors (Lipinski definition) is 4. The van der Waals surface area contributed by atoms with E-state index in [0.29, 0.717) is 16.7 Å². The Balaban J connectivity index is 2.28. The predicted molar refractivity (Wildman–Crippen MR) is 80.0 cm³/mol. The van der Waals surface area contributed by atoms with Gasteiger partial charge in [0.1, 0.15) is 5.58 Å². The molecule has 2 aromatic carbocycles. The summed E-state index contributed by atoms with van der Waals surface area (Å²) in [6.45, 7) is 0. The molecule has 1 aromatic heterocycles. The summed E-state index contributed by atoms with van der Waals surface area (Å²) in [5, 5.41) is 12.8. The van der Waals surface area contributed by atoms with Gasteiger partial charge in [-0.2, -0.15) is 5.26 Å². The van der Waals surface area contributed by atoms with Crippen molar-refractivity contribution in [1.29, 1.82) is 5.26 Å². The minimum Gasteiger partial charge on any atom is -0.422 e. The molecule has 3 rings (SSSR count). The lowest BCUT2D eigenvalue weighted by atomic mass is 10.1. The molecule has 1 heterocycles. The van der Waals surface area contributed by atoms with Gasteiger partial charge in [-0.1, -0.05) is 18.2 Å². The van der Waals surface area contributed by atoms with E-state index >= 15 is 0 Å². The number of hydrogen-bond donors (Lipinski definition) is 2. The van der Waals surface area contributed by atoms with E-state index in [0.717, 1.165) is 10.8 Å². The van der Waals surface area contributed by atoms with Crippen molar-refractivity contribution in [3.05, 3.63) is 52.9 Å². The first kappa shape index (κ1) is 12.7. The van der Waals surface area contributed by atoms with Crippen LogP contribution in [-0.4, -0.2) is 5.96 Å². The molecule has 0 unspecified atom stereocenters. The maximum Gasteiger partial charge on any atom is 0.344 e. The molecule has 0 aliphatic rings. The normalized spacial score (nSPS) is 11.5. The number of guanidine groups is 1. The second kappa shape index (κ2) is 4.98. The topological polar surface area (TPSA) is 104 Å². The van der Waals surface area contributed by atoms with Crippen molar-refractivity contribution < 1.29 is 4.42 Å². The van der Waals surface area contributed by atoms with E-state index in [1.54, 1.807) is 36.5 Å². The fraction of sp³-hybridized carbons (Fsp3) is 0. The highest BCUT2D eigenvalue weighted by Gasteiger charge is 2.07. The highest BCUT2D eigenvalue weighted by molar-refractivity contribution is 6.05. The third-order valence-corrected chi connectivity index (χ3v) is 3.04. The Labute approximate surface area is 119 Å². The van der Waals surface area contributed by atoms with E-state index in [1.807, 2.05) is 12.1 Å². The average Bonchev–Trinajstić information content (AvgIpc) is 2.48. The monoisotopic (exact) mass is 278 g/mol. The number of nitrogens with two attached hydrogens (primary N) is 1. The standard InChI is InChI=1S/C15H10N4O2/c16-8-18-15(17)19-9-5-6-13-12(7-9)10-3-1-2-4-11(10)14(20)21-13/h1-7H,(H3,17,18,19). The fourth-order valence-corrected chi connectivity index (χ4v) is 2.16. The molecule has 3 N–H and O–H groups in total. The molecule has 0 radical (unpaired) electrons. The van der Waals surface area contributed by atoms with Crippen LogP contribution in [0.3, 0.4) is 0 Å². The third-order valence-electron chi connectivity index (χ3n) is 3.04. The molecule has 0 saturated heterocycles. The van der Waals surface area contributed by atoms with Gasteiger partial charge in [0.25, 0.3) is 0 Å². The minimum absolute atomic E-state index is 0.00135. The Morgan fingerprint density at radius 1 is 1.19 bits per heavy atom. The molecule has 6 nitrogen and oxygen atoms in total. The van der Waals surface area contributed by atoms with Crippen LogP contribution < -0.4 is 16.7 Å². The number of fused-ring (bicyclic) bond motifs is 3. The van der Waals surface area contributed by atoms with E-state index in [1.165, 1.54) is 0 Å². The Kier molecular flexibility index (Phi) is 3.01. The van der Waals surface area contributed by atoms with E-state index in [-0.39, 0.29) is 11.6 Å². The van der Waals surface area contributed by atoms with Gasteiger partial charge in [0, 0.05) is 5.39 Å².